The first-order valence-electron chi connectivity index (χ1n) is 6.61. The second kappa shape index (κ2) is 6.68. The Balaban J connectivity index is 2.02. The van der Waals surface area contributed by atoms with Gasteiger partial charge in [-0.1, -0.05) is 18.0 Å². The number of hydrogen-bond donors (Lipinski definition) is 1. The average Bonchev–Trinajstić information content (AvgIpc) is 2.67. The van der Waals surface area contributed by atoms with Crippen LogP contribution in [0.5, 0.6) is 0 Å². The van der Waals surface area contributed by atoms with Crippen LogP contribution in [0.2, 0.25) is 0 Å². The van der Waals surface area contributed by atoms with Crippen LogP contribution in [0.25, 0.3) is 0 Å². The number of aromatic nitrogens is 1. The Morgan fingerprint density at radius 2 is 2.42 bits per heavy atom. The van der Waals surface area contributed by atoms with Gasteiger partial charge in [0.1, 0.15) is 12.6 Å². The summed E-state index contributed by atoms with van der Waals surface area (Å²) >= 11 is 0. The Kier molecular flexibility index (Phi) is 4.93. The van der Waals surface area contributed by atoms with E-state index >= 15 is 0 Å². The SMILES string of the molecule is COCc1cc(CN2CCCCCC2C(=O)O)no1. The highest BCUT2D eigenvalue weighted by atomic mass is 16.5. The Morgan fingerprint density at radius 1 is 1.58 bits per heavy atom. The highest BCUT2D eigenvalue weighted by Crippen LogP contribution is 2.19. The topological polar surface area (TPSA) is 75.8 Å². The van der Waals surface area contributed by atoms with E-state index in [1.165, 1.54) is 0 Å². The highest BCUT2D eigenvalue weighted by molar-refractivity contribution is 5.73. The Hall–Kier alpha value is -1.40. The van der Waals surface area contributed by atoms with Crippen molar-refractivity contribution in [3.05, 3.63) is 17.5 Å². The fourth-order valence-corrected chi connectivity index (χ4v) is 2.49. The van der Waals surface area contributed by atoms with E-state index in [-0.39, 0.29) is 0 Å². The van der Waals surface area contributed by atoms with E-state index in [2.05, 4.69) is 5.16 Å². The van der Waals surface area contributed by atoms with Crippen molar-refractivity contribution in [3.8, 4) is 0 Å². The lowest BCUT2D eigenvalue weighted by Gasteiger charge is -2.25. The fourth-order valence-electron chi connectivity index (χ4n) is 2.49. The third-order valence-electron chi connectivity index (χ3n) is 3.41. The van der Waals surface area contributed by atoms with Gasteiger partial charge in [-0.15, -0.1) is 0 Å². The molecular formula is C13H20N2O4. The number of carboxylic acids is 1. The van der Waals surface area contributed by atoms with Crippen molar-refractivity contribution in [2.75, 3.05) is 13.7 Å². The van der Waals surface area contributed by atoms with E-state index < -0.39 is 12.0 Å². The molecule has 1 atom stereocenters. The summed E-state index contributed by atoms with van der Waals surface area (Å²) in [7, 11) is 1.59. The summed E-state index contributed by atoms with van der Waals surface area (Å²) in [5.41, 5.74) is 0.764. The summed E-state index contributed by atoms with van der Waals surface area (Å²) in [5, 5.41) is 13.3. The molecule has 19 heavy (non-hydrogen) atoms. The van der Waals surface area contributed by atoms with Crippen LogP contribution in [-0.4, -0.2) is 40.8 Å². The number of likely N-dealkylation sites (tertiary alicyclic amines) is 1. The molecule has 1 aliphatic heterocycles. The Morgan fingerprint density at radius 3 is 3.16 bits per heavy atom. The number of carboxylic acid groups (broad SMARTS) is 1. The number of hydrogen-bond acceptors (Lipinski definition) is 5. The summed E-state index contributed by atoms with van der Waals surface area (Å²) < 4.78 is 10.1. The standard InChI is InChI=1S/C13H20N2O4/c1-18-9-11-7-10(14-19-11)8-15-6-4-2-3-5-12(15)13(16)17/h7,12H,2-6,8-9H2,1H3,(H,16,17). The number of nitrogens with zero attached hydrogens (tertiary/aromatic N) is 2. The molecule has 1 N–H and O–H groups in total. The molecule has 0 amide bonds. The molecular weight excluding hydrogens is 248 g/mol. The summed E-state index contributed by atoms with van der Waals surface area (Å²) in [6.45, 7) is 1.70. The molecule has 6 nitrogen and oxygen atoms in total. The lowest BCUT2D eigenvalue weighted by atomic mass is 10.1. The van der Waals surface area contributed by atoms with Crippen LogP contribution < -0.4 is 0 Å². The van der Waals surface area contributed by atoms with Gasteiger partial charge < -0.3 is 14.4 Å². The molecule has 1 unspecified atom stereocenters. The summed E-state index contributed by atoms with van der Waals surface area (Å²) in [6, 6.07) is 1.41. The van der Waals surface area contributed by atoms with Gasteiger partial charge in [0.15, 0.2) is 5.76 Å². The van der Waals surface area contributed by atoms with Crippen LogP contribution in [0.4, 0.5) is 0 Å². The predicted octanol–water partition coefficient (Wildman–Crippen LogP) is 1.65. The molecule has 2 rings (SSSR count). The van der Waals surface area contributed by atoms with Gasteiger partial charge >= 0.3 is 5.97 Å². The van der Waals surface area contributed by atoms with Gasteiger partial charge in [-0.25, -0.2) is 0 Å². The molecule has 0 saturated carbocycles. The van der Waals surface area contributed by atoms with Gasteiger partial charge in [0, 0.05) is 19.7 Å². The van der Waals surface area contributed by atoms with E-state index in [0.717, 1.165) is 31.5 Å². The van der Waals surface area contributed by atoms with E-state index in [9.17, 15) is 9.90 Å². The smallest absolute Gasteiger partial charge is 0.320 e. The van der Waals surface area contributed by atoms with Crippen LogP contribution >= 0.6 is 0 Å². The first-order chi connectivity index (χ1) is 9.20. The quantitative estimate of drug-likeness (QED) is 0.875. The molecule has 106 valence electrons. The van der Waals surface area contributed by atoms with Crippen molar-refractivity contribution in [1.29, 1.82) is 0 Å². The maximum atomic E-state index is 11.3. The summed E-state index contributed by atoms with van der Waals surface area (Å²) in [4.78, 5) is 13.3. The zero-order valence-corrected chi connectivity index (χ0v) is 11.2. The number of rotatable bonds is 5. The van der Waals surface area contributed by atoms with Gasteiger partial charge in [0.25, 0.3) is 0 Å². The van der Waals surface area contributed by atoms with Gasteiger partial charge in [0.05, 0.1) is 5.69 Å². The van der Waals surface area contributed by atoms with Crippen LogP contribution in [0.1, 0.15) is 37.1 Å². The first-order valence-corrected chi connectivity index (χ1v) is 6.61. The molecule has 6 heteroatoms. The largest absolute Gasteiger partial charge is 0.480 e. The molecule has 1 fully saturated rings. The molecule has 2 heterocycles. The fraction of sp³-hybridized carbons (Fsp3) is 0.692. The zero-order chi connectivity index (χ0) is 13.7. The van der Waals surface area contributed by atoms with Crippen molar-refractivity contribution in [3.63, 3.8) is 0 Å². The van der Waals surface area contributed by atoms with Crippen molar-refractivity contribution in [2.24, 2.45) is 0 Å². The van der Waals surface area contributed by atoms with Crippen LogP contribution in [-0.2, 0) is 22.7 Å². The maximum Gasteiger partial charge on any atom is 0.320 e. The van der Waals surface area contributed by atoms with Gasteiger partial charge in [0.2, 0.25) is 0 Å². The molecule has 0 spiro atoms. The van der Waals surface area contributed by atoms with Gasteiger partial charge in [-0.3, -0.25) is 9.69 Å². The minimum atomic E-state index is -0.748. The third kappa shape index (κ3) is 3.78. The normalized spacial score (nSPS) is 21.2. The molecule has 1 aromatic rings. The van der Waals surface area contributed by atoms with E-state index in [1.807, 2.05) is 11.0 Å². The number of methoxy groups -OCH3 is 1. The highest BCUT2D eigenvalue weighted by Gasteiger charge is 2.27. The van der Waals surface area contributed by atoms with Crippen molar-refractivity contribution in [1.82, 2.24) is 10.1 Å². The van der Waals surface area contributed by atoms with Crippen LogP contribution in [0.3, 0.4) is 0 Å². The molecule has 0 radical (unpaired) electrons. The molecule has 1 aliphatic rings. The number of carbonyl (C=O) groups is 1. The molecule has 0 bridgehead atoms. The summed E-state index contributed by atoms with van der Waals surface area (Å²) in [6.07, 6.45) is 3.81. The minimum Gasteiger partial charge on any atom is -0.480 e. The minimum absolute atomic E-state index is 0.384. The molecule has 1 aromatic heterocycles. The zero-order valence-electron chi connectivity index (χ0n) is 11.2. The first kappa shape index (κ1) is 14.0. The van der Waals surface area contributed by atoms with Gasteiger partial charge in [-0.05, 0) is 19.4 Å². The summed E-state index contributed by atoms with van der Waals surface area (Å²) in [5.74, 6) is -0.0818. The van der Waals surface area contributed by atoms with Crippen molar-refractivity contribution >= 4 is 5.97 Å². The van der Waals surface area contributed by atoms with Gasteiger partial charge in [-0.2, -0.15) is 0 Å². The van der Waals surface area contributed by atoms with E-state index in [4.69, 9.17) is 9.26 Å². The van der Waals surface area contributed by atoms with E-state index in [1.54, 1.807) is 7.11 Å². The van der Waals surface area contributed by atoms with Crippen molar-refractivity contribution in [2.45, 2.75) is 44.9 Å². The molecule has 0 aromatic carbocycles. The average molecular weight is 268 g/mol. The molecule has 0 aliphatic carbocycles. The lowest BCUT2D eigenvalue weighted by molar-refractivity contribution is -0.143. The lowest BCUT2D eigenvalue weighted by Crippen LogP contribution is -2.40. The van der Waals surface area contributed by atoms with Crippen molar-refractivity contribution < 1.29 is 19.2 Å². The monoisotopic (exact) mass is 268 g/mol. The predicted molar refractivity (Wildman–Crippen MR) is 67.5 cm³/mol. The second-order valence-corrected chi connectivity index (χ2v) is 4.89. The Bertz CT molecular complexity index is 419. The number of aliphatic carboxylic acids is 1. The maximum absolute atomic E-state index is 11.3. The van der Waals surface area contributed by atoms with Crippen LogP contribution in [0, 0.1) is 0 Å². The van der Waals surface area contributed by atoms with Crippen LogP contribution in [0.15, 0.2) is 10.6 Å². The third-order valence-corrected chi connectivity index (χ3v) is 3.41. The Labute approximate surface area is 112 Å². The second-order valence-electron chi connectivity index (χ2n) is 4.89. The van der Waals surface area contributed by atoms with E-state index in [0.29, 0.717) is 25.3 Å². The number of ether oxygens (including phenoxy) is 1. The molecule has 1 saturated heterocycles.